The second-order valence-corrected chi connectivity index (χ2v) is 11.1. The van der Waals surface area contributed by atoms with Gasteiger partial charge in [0.2, 0.25) is 0 Å². The van der Waals surface area contributed by atoms with E-state index >= 15 is 0 Å². The molecule has 0 saturated carbocycles. The van der Waals surface area contributed by atoms with Crippen molar-refractivity contribution in [2.24, 2.45) is 10.7 Å². The number of hydrogen-bond acceptors (Lipinski definition) is 7. The smallest absolute Gasteiger partial charge is 0.142 e. The number of aryl methyl sites for hydroxylation is 1. The zero-order valence-electron chi connectivity index (χ0n) is 25.6. The maximum Gasteiger partial charge on any atom is 0.142 e. The summed E-state index contributed by atoms with van der Waals surface area (Å²) in [6, 6.07) is 16.0. The third-order valence-electron chi connectivity index (χ3n) is 7.58. The summed E-state index contributed by atoms with van der Waals surface area (Å²) in [5, 5.41) is 12.8. The van der Waals surface area contributed by atoms with E-state index in [1.54, 1.807) is 18.2 Å². The molecule has 7 nitrogen and oxygen atoms in total. The Labute approximate surface area is 260 Å². The average Bonchev–Trinajstić information content (AvgIpc) is 2.98. The third-order valence-corrected chi connectivity index (χ3v) is 7.87. The number of ether oxygens (including phenoxy) is 3. The highest BCUT2D eigenvalue weighted by Crippen LogP contribution is 2.37. The number of nitriles is 1. The fourth-order valence-electron chi connectivity index (χ4n) is 5.05. The third kappa shape index (κ3) is 8.17. The standard InChI is InChI=1S/C35H41ClN4O3/c1-5-6-13-39-14-8-15-41-32-12-11-23(2)35(25(32)4)30-10-7-9-26(24(30)3)21-42-34-18-33(27(19-37)16-31(34)36)43-22-29-17-28(20-38)40-29/h7,9-12,16-18,39H,5-6,8,13-15,19,21-22,37H2,1-4H3. The first-order valence-electron chi connectivity index (χ1n) is 14.9. The first-order valence-corrected chi connectivity index (χ1v) is 15.2. The number of nitrogens with two attached hydrogens (primary N) is 1. The molecule has 0 saturated heterocycles. The molecule has 0 aliphatic carbocycles. The van der Waals surface area contributed by atoms with Crippen molar-refractivity contribution in [1.82, 2.24) is 5.32 Å². The van der Waals surface area contributed by atoms with E-state index in [9.17, 15) is 0 Å². The van der Waals surface area contributed by atoms with Gasteiger partial charge in [0.1, 0.15) is 42.2 Å². The molecule has 3 aromatic carbocycles. The van der Waals surface area contributed by atoms with Gasteiger partial charge >= 0.3 is 0 Å². The number of hydrogen-bond donors (Lipinski definition) is 2. The molecule has 1 aliphatic rings. The minimum absolute atomic E-state index is 0.234. The maximum absolute atomic E-state index is 8.88. The van der Waals surface area contributed by atoms with Crippen LogP contribution in [0.4, 0.5) is 0 Å². The van der Waals surface area contributed by atoms with Crippen LogP contribution in [0.25, 0.3) is 11.1 Å². The molecule has 3 aromatic rings. The van der Waals surface area contributed by atoms with Crippen LogP contribution in [0, 0.1) is 32.1 Å². The zero-order chi connectivity index (χ0) is 30.8. The molecule has 0 fully saturated rings. The van der Waals surface area contributed by atoms with Gasteiger partial charge in [-0.3, -0.25) is 0 Å². The Hall–Kier alpha value is -3.83. The molecular weight excluding hydrogens is 560 g/mol. The van der Waals surface area contributed by atoms with E-state index < -0.39 is 0 Å². The molecule has 0 atom stereocenters. The van der Waals surface area contributed by atoms with Crippen LogP contribution < -0.4 is 25.3 Å². The molecule has 43 heavy (non-hydrogen) atoms. The van der Waals surface area contributed by atoms with Gasteiger partial charge in [0.15, 0.2) is 0 Å². The summed E-state index contributed by atoms with van der Waals surface area (Å²) in [6.45, 7) is 12.1. The second-order valence-electron chi connectivity index (χ2n) is 10.7. The Kier molecular flexibility index (Phi) is 11.6. The SMILES string of the molecule is CCCCNCCCOc1ccc(C)c(-c2cccc(COc3cc(OCC4=CC(C#N)=N4)c(CN)cc3Cl)c2C)c1C. The highest BCUT2D eigenvalue weighted by Gasteiger charge is 2.17. The summed E-state index contributed by atoms with van der Waals surface area (Å²) >= 11 is 6.57. The predicted molar refractivity (Wildman–Crippen MR) is 174 cm³/mol. The van der Waals surface area contributed by atoms with Gasteiger partial charge in [0.25, 0.3) is 0 Å². The molecule has 0 aromatic heterocycles. The van der Waals surface area contributed by atoms with Gasteiger partial charge in [-0.2, -0.15) is 5.26 Å². The van der Waals surface area contributed by atoms with Gasteiger partial charge in [-0.1, -0.05) is 49.2 Å². The summed E-state index contributed by atoms with van der Waals surface area (Å²) in [7, 11) is 0. The van der Waals surface area contributed by atoms with Crippen molar-refractivity contribution >= 4 is 17.3 Å². The lowest BCUT2D eigenvalue weighted by molar-refractivity contribution is 0.299. The molecule has 3 N–H and O–H groups in total. The monoisotopic (exact) mass is 600 g/mol. The average molecular weight is 601 g/mol. The highest BCUT2D eigenvalue weighted by molar-refractivity contribution is 6.32. The van der Waals surface area contributed by atoms with Gasteiger partial charge in [0.05, 0.1) is 17.3 Å². The van der Waals surface area contributed by atoms with Gasteiger partial charge < -0.3 is 25.3 Å². The molecule has 0 bridgehead atoms. The maximum atomic E-state index is 8.88. The molecule has 226 valence electrons. The van der Waals surface area contributed by atoms with Crippen molar-refractivity contribution in [2.75, 3.05) is 26.3 Å². The predicted octanol–water partition coefficient (Wildman–Crippen LogP) is 7.37. The van der Waals surface area contributed by atoms with Crippen molar-refractivity contribution in [3.63, 3.8) is 0 Å². The number of aliphatic imine (C=N–C) groups is 1. The highest BCUT2D eigenvalue weighted by atomic mass is 35.5. The van der Waals surface area contributed by atoms with E-state index in [1.165, 1.54) is 24.0 Å². The lowest BCUT2D eigenvalue weighted by Crippen LogP contribution is -2.18. The van der Waals surface area contributed by atoms with Crippen LogP contribution in [-0.2, 0) is 13.2 Å². The van der Waals surface area contributed by atoms with E-state index in [0.717, 1.165) is 53.1 Å². The van der Waals surface area contributed by atoms with Crippen LogP contribution in [-0.4, -0.2) is 32.0 Å². The fourth-order valence-corrected chi connectivity index (χ4v) is 5.29. The van der Waals surface area contributed by atoms with E-state index in [1.807, 2.05) is 6.07 Å². The van der Waals surface area contributed by atoms with E-state index in [2.05, 4.69) is 68.3 Å². The molecular formula is C35H41ClN4O3. The van der Waals surface area contributed by atoms with Crippen LogP contribution >= 0.6 is 11.6 Å². The number of unbranched alkanes of at least 4 members (excludes halogenated alkanes) is 1. The Morgan fingerprint density at radius 2 is 1.67 bits per heavy atom. The molecule has 4 rings (SSSR count). The summed E-state index contributed by atoms with van der Waals surface area (Å²) in [5.41, 5.74) is 14.7. The number of halogens is 1. The second kappa shape index (κ2) is 15.6. The van der Waals surface area contributed by atoms with Crippen molar-refractivity contribution in [1.29, 1.82) is 5.26 Å². The number of benzene rings is 3. The van der Waals surface area contributed by atoms with Gasteiger partial charge in [0, 0.05) is 18.2 Å². The Morgan fingerprint density at radius 3 is 2.42 bits per heavy atom. The van der Waals surface area contributed by atoms with Gasteiger partial charge in [-0.05, 0) is 98.3 Å². The zero-order valence-corrected chi connectivity index (χ0v) is 26.3. The van der Waals surface area contributed by atoms with Gasteiger partial charge in [-0.15, -0.1) is 0 Å². The number of nitrogens with zero attached hydrogens (tertiary/aromatic N) is 2. The fraction of sp³-hybridized carbons (Fsp3) is 0.371. The largest absolute Gasteiger partial charge is 0.493 e. The number of rotatable bonds is 16. The number of allylic oxidation sites excluding steroid dienone is 1. The summed E-state index contributed by atoms with van der Waals surface area (Å²) in [5.74, 6) is 2.00. The van der Waals surface area contributed by atoms with Crippen molar-refractivity contribution in [3.8, 4) is 34.4 Å². The Morgan fingerprint density at radius 1 is 0.907 bits per heavy atom. The molecule has 1 aliphatic heterocycles. The van der Waals surface area contributed by atoms with Gasteiger partial charge in [-0.25, -0.2) is 4.99 Å². The molecule has 0 unspecified atom stereocenters. The van der Waals surface area contributed by atoms with E-state index in [-0.39, 0.29) is 13.2 Å². The summed E-state index contributed by atoms with van der Waals surface area (Å²) < 4.78 is 18.4. The van der Waals surface area contributed by atoms with Crippen LogP contribution in [0.3, 0.4) is 0 Å². The lowest BCUT2D eigenvalue weighted by Gasteiger charge is -2.19. The quantitative estimate of drug-likeness (QED) is 0.166. The molecule has 0 amide bonds. The first-order chi connectivity index (χ1) is 20.9. The van der Waals surface area contributed by atoms with Crippen molar-refractivity contribution in [3.05, 3.63) is 87.1 Å². The Bertz CT molecular complexity index is 1540. The van der Waals surface area contributed by atoms with Crippen LogP contribution in [0.5, 0.6) is 17.2 Å². The summed E-state index contributed by atoms with van der Waals surface area (Å²) in [4.78, 5) is 4.11. The lowest BCUT2D eigenvalue weighted by atomic mass is 9.90. The van der Waals surface area contributed by atoms with Crippen LogP contribution in [0.15, 0.2) is 59.2 Å². The molecule has 1 heterocycles. The molecule has 0 radical (unpaired) electrons. The van der Waals surface area contributed by atoms with Crippen molar-refractivity contribution < 1.29 is 14.2 Å². The molecule has 0 spiro atoms. The topological polar surface area (TPSA) is 102 Å². The first kappa shape index (κ1) is 32.1. The minimum Gasteiger partial charge on any atom is -0.493 e. The molecule has 8 heteroatoms. The normalized spacial score (nSPS) is 12.2. The van der Waals surface area contributed by atoms with E-state index in [4.69, 9.17) is 36.8 Å². The van der Waals surface area contributed by atoms with E-state index in [0.29, 0.717) is 41.1 Å². The van der Waals surface area contributed by atoms with Crippen LogP contribution in [0.2, 0.25) is 5.02 Å². The minimum atomic E-state index is 0.234. The number of nitrogens with one attached hydrogen (secondary N) is 1. The summed E-state index contributed by atoms with van der Waals surface area (Å²) in [6.07, 6.45) is 5.07. The van der Waals surface area contributed by atoms with Crippen molar-refractivity contribution in [2.45, 2.75) is 60.1 Å². The Balaban J connectivity index is 1.46. The van der Waals surface area contributed by atoms with Crippen LogP contribution in [0.1, 0.15) is 54.0 Å².